The molecule has 0 unspecified atom stereocenters. The van der Waals surface area contributed by atoms with Crippen LogP contribution < -0.4 is 4.90 Å². The Balaban J connectivity index is 2.35. The van der Waals surface area contributed by atoms with E-state index in [1.165, 1.54) is 0 Å². The first-order valence-electron chi connectivity index (χ1n) is 5.93. The summed E-state index contributed by atoms with van der Waals surface area (Å²) >= 11 is 0. The zero-order valence-corrected chi connectivity index (χ0v) is 10.9. The Morgan fingerprint density at radius 2 is 2.33 bits per heavy atom. The Morgan fingerprint density at radius 1 is 1.56 bits per heavy atom. The first kappa shape index (κ1) is 12.4. The number of anilines is 1. The molecule has 0 aliphatic carbocycles. The lowest BCUT2D eigenvalue weighted by molar-refractivity contribution is 0.112. The molecule has 5 heteroatoms. The summed E-state index contributed by atoms with van der Waals surface area (Å²) in [5.74, 6) is 1.70. The molecule has 0 fully saturated rings. The molecular formula is C13H17N3O2. The molecule has 0 amide bonds. The fourth-order valence-corrected chi connectivity index (χ4v) is 2.10. The van der Waals surface area contributed by atoms with Gasteiger partial charge in [-0.15, -0.1) is 0 Å². The number of aryl methyl sites for hydroxylation is 2. The molecule has 0 N–H and O–H groups in total. The number of furan rings is 1. The molecule has 2 rings (SSSR count). The maximum atomic E-state index is 11.2. The van der Waals surface area contributed by atoms with Crippen LogP contribution in [0.1, 0.15) is 28.7 Å². The van der Waals surface area contributed by atoms with Crippen LogP contribution in [0.3, 0.4) is 0 Å². The summed E-state index contributed by atoms with van der Waals surface area (Å²) in [5.41, 5.74) is 1.39. The lowest BCUT2D eigenvalue weighted by Crippen LogP contribution is -2.25. The lowest BCUT2D eigenvalue weighted by atomic mass is 10.2. The van der Waals surface area contributed by atoms with Gasteiger partial charge >= 0.3 is 0 Å². The molecule has 0 bridgehead atoms. The summed E-state index contributed by atoms with van der Waals surface area (Å²) in [7, 11) is 1.85. The highest BCUT2D eigenvalue weighted by atomic mass is 16.3. The van der Waals surface area contributed by atoms with Crippen LogP contribution in [0.4, 0.5) is 5.82 Å². The minimum atomic E-state index is 0.628. The van der Waals surface area contributed by atoms with Gasteiger partial charge in [0.15, 0.2) is 6.29 Å². The quantitative estimate of drug-likeness (QED) is 0.760. The second-order valence-corrected chi connectivity index (χ2v) is 4.16. The smallest absolute Gasteiger partial charge is 0.155 e. The molecule has 0 saturated heterocycles. The molecular weight excluding hydrogens is 230 g/mol. The summed E-state index contributed by atoms with van der Waals surface area (Å²) in [6, 6.07) is 3.78. The van der Waals surface area contributed by atoms with Crippen LogP contribution in [0, 0.1) is 6.92 Å². The second kappa shape index (κ2) is 5.08. The summed E-state index contributed by atoms with van der Waals surface area (Å²) in [4.78, 5) is 13.3. The molecule has 2 aromatic rings. The van der Waals surface area contributed by atoms with Crippen LogP contribution in [0.5, 0.6) is 0 Å². The number of carbonyl (C=O) groups excluding carboxylic acids is 1. The van der Waals surface area contributed by atoms with Gasteiger partial charge in [0.2, 0.25) is 0 Å². The molecule has 0 atom stereocenters. The zero-order chi connectivity index (χ0) is 13.1. The van der Waals surface area contributed by atoms with Crippen molar-refractivity contribution in [2.75, 3.05) is 11.4 Å². The van der Waals surface area contributed by atoms with Gasteiger partial charge in [-0.05, 0) is 26.0 Å². The molecule has 0 aliphatic heterocycles. The standard InChI is InChI=1S/C13H17N3O2/c1-4-16(8-11-6-5-7-18-11)13-12(9-17)10(2)14-15(13)3/h5-7,9H,4,8H2,1-3H3. The molecule has 2 aromatic heterocycles. The van der Waals surface area contributed by atoms with Crippen molar-refractivity contribution in [2.45, 2.75) is 20.4 Å². The van der Waals surface area contributed by atoms with Crippen molar-refractivity contribution < 1.29 is 9.21 Å². The van der Waals surface area contributed by atoms with E-state index in [0.717, 1.165) is 30.1 Å². The van der Waals surface area contributed by atoms with Crippen LogP contribution in [0.15, 0.2) is 22.8 Å². The predicted molar refractivity (Wildman–Crippen MR) is 68.8 cm³/mol. The van der Waals surface area contributed by atoms with E-state index in [0.29, 0.717) is 12.1 Å². The minimum Gasteiger partial charge on any atom is -0.467 e. The number of rotatable bonds is 5. The van der Waals surface area contributed by atoms with Crippen LogP contribution >= 0.6 is 0 Å². The van der Waals surface area contributed by atoms with Gasteiger partial charge < -0.3 is 9.32 Å². The van der Waals surface area contributed by atoms with Crippen molar-refractivity contribution in [1.82, 2.24) is 9.78 Å². The summed E-state index contributed by atoms with van der Waals surface area (Å²) in [5, 5.41) is 4.29. The van der Waals surface area contributed by atoms with Crippen LogP contribution in [-0.4, -0.2) is 22.6 Å². The summed E-state index contributed by atoms with van der Waals surface area (Å²) < 4.78 is 7.09. The van der Waals surface area contributed by atoms with E-state index in [4.69, 9.17) is 4.42 Å². The number of hydrogen-bond donors (Lipinski definition) is 0. The van der Waals surface area contributed by atoms with E-state index in [2.05, 4.69) is 10.00 Å². The van der Waals surface area contributed by atoms with E-state index in [-0.39, 0.29) is 0 Å². The first-order valence-corrected chi connectivity index (χ1v) is 5.93. The third-order valence-electron chi connectivity index (χ3n) is 2.96. The van der Waals surface area contributed by atoms with Gasteiger partial charge in [0.05, 0.1) is 24.1 Å². The van der Waals surface area contributed by atoms with Gasteiger partial charge in [0.25, 0.3) is 0 Å². The van der Waals surface area contributed by atoms with Gasteiger partial charge in [0, 0.05) is 13.6 Å². The fraction of sp³-hybridized carbons (Fsp3) is 0.385. The molecule has 0 radical (unpaired) electrons. The SMILES string of the molecule is CCN(Cc1ccco1)c1c(C=O)c(C)nn1C. The average molecular weight is 247 g/mol. The monoisotopic (exact) mass is 247 g/mol. The minimum absolute atomic E-state index is 0.628. The number of nitrogens with zero attached hydrogens (tertiary/aromatic N) is 3. The largest absolute Gasteiger partial charge is 0.467 e. The zero-order valence-electron chi connectivity index (χ0n) is 10.9. The third kappa shape index (κ3) is 2.16. The predicted octanol–water partition coefficient (Wildman–Crippen LogP) is 2.16. The van der Waals surface area contributed by atoms with Crippen molar-refractivity contribution in [1.29, 1.82) is 0 Å². The lowest BCUT2D eigenvalue weighted by Gasteiger charge is -2.22. The number of carbonyl (C=O) groups is 1. The second-order valence-electron chi connectivity index (χ2n) is 4.16. The maximum absolute atomic E-state index is 11.2. The Morgan fingerprint density at radius 3 is 2.89 bits per heavy atom. The molecule has 96 valence electrons. The Labute approximate surface area is 106 Å². The third-order valence-corrected chi connectivity index (χ3v) is 2.96. The van der Waals surface area contributed by atoms with Crippen LogP contribution in [0.2, 0.25) is 0 Å². The molecule has 18 heavy (non-hydrogen) atoms. The van der Waals surface area contributed by atoms with Gasteiger partial charge in [-0.2, -0.15) is 5.10 Å². The summed E-state index contributed by atoms with van der Waals surface area (Å²) in [6.45, 7) is 5.29. The molecule has 2 heterocycles. The van der Waals surface area contributed by atoms with Crippen LogP contribution in [0.25, 0.3) is 0 Å². The van der Waals surface area contributed by atoms with Gasteiger partial charge in [0.1, 0.15) is 11.6 Å². The van der Waals surface area contributed by atoms with Crippen molar-refractivity contribution in [3.63, 3.8) is 0 Å². The Kier molecular flexibility index (Phi) is 3.50. The van der Waals surface area contributed by atoms with E-state index < -0.39 is 0 Å². The Hall–Kier alpha value is -2.04. The normalized spacial score (nSPS) is 10.6. The van der Waals surface area contributed by atoms with Crippen molar-refractivity contribution in [3.05, 3.63) is 35.4 Å². The summed E-state index contributed by atoms with van der Waals surface area (Å²) in [6.07, 6.45) is 2.51. The van der Waals surface area contributed by atoms with E-state index >= 15 is 0 Å². The van der Waals surface area contributed by atoms with Crippen molar-refractivity contribution in [3.8, 4) is 0 Å². The van der Waals surface area contributed by atoms with E-state index in [9.17, 15) is 4.79 Å². The molecule has 0 saturated carbocycles. The fourth-order valence-electron chi connectivity index (χ4n) is 2.10. The number of aldehydes is 1. The highest BCUT2D eigenvalue weighted by molar-refractivity contribution is 5.84. The molecule has 5 nitrogen and oxygen atoms in total. The van der Waals surface area contributed by atoms with Gasteiger partial charge in [-0.25, -0.2) is 0 Å². The van der Waals surface area contributed by atoms with Crippen molar-refractivity contribution >= 4 is 12.1 Å². The molecule has 0 aliphatic rings. The average Bonchev–Trinajstić information content (AvgIpc) is 2.94. The number of aromatic nitrogens is 2. The van der Waals surface area contributed by atoms with Gasteiger partial charge in [-0.1, -0.05) is 0 Å². The molecule has 0 aromatic carbocycles. The Bertz CT molecular complexity index is 529. The van der Waals surface area contributed by atoms with Crippen molar-refractivity contribution in [2.24, 2.45) is 7.05 Å². The van der Waals surface area contributed by atoms with E-state index in [1.807, 2.05) is 33.0 Å². The van der Waals surface area contributed by atoms with Gasteiger partial charge in [-0.3, -0.25) is 9.48 Å². The highest BCUT2D eigenvalue weighted by Gasteiger charge is 2.18. The first-order chi connectivity index (χ1) is 8.67. The molecule has 0 spiro atoms. The van der Waals surface area contributed by atoms with E-state index in [1.54, 1.807) is 10.9 Å². The van der Waals surface area contributed by atoms with Crippen LogP contribution in [-0.2, 0) is 13.6 Å². The highest BCUT2D eigenvalue weighted by Crippen LogP contribution is 2.23. The topological polar surface area (TPSA) is 51.3 Å². The maximum Gasteiger partial charge on any atom is 0.155 e. The number of hydrogen-bond acceptors (Lipinski definition) is 4.